The highest BCUT2D eigenvalue weighted by Crippen LogP contribution is 2.24. The van der Waals surface area contributed by atoms with E-state index in [-0.39, 0.29) is 11.9 Å². The third kappa shape index (κ3) is 1.91. The molecule has 100 valence electrons. The summed E-state index contributed by atoms with van der Waals surface area (Å²) in [5.74, 6) is 0.380. The predicted octanol–water partition coefficient (Wildman–Crippen LogP) is -0.768. The normalized spacial score (nSPS) is 19.8. The van der Waals surface area contributed by atoms with Crippen LogP contribution in [0.1, 0.15) is 0 Å². The van der Waals surface area contributed by atoms with Crippen LogP contribution in [0.25, 0.3) is 11.0 Å². The third-order valence-electron chi connectivity index (χ3n) is 3.47. The maximum atomic E-state index is 11.6. The fourth-order valence-electron chi connectivity index (χ4n) is 2.47. The Hall–Kier alpha value is -2.15. The monoisotopic (exact) mass is 260 g/mol. The Labute approximate surface area is 110 Å². The van der Waals surface area contributed by atoms with Crippen molar-refractivity contribution in [3.63, 3.8) is 0 Å². The number of carbonyl (C=O) groups is 1. The summed E-state index contributed by atoms with van der Waals surface area (Å²) < 4.78 is 1.93. The van der Waals surface area contributed by atoms with Crippen LogP contribution in [0.5, 0.6) is 0 Å². The van der Waals surface area contributed by atoms with E-state index < -0.39 is 0 Å². The predicted molar refractivity (Wildman–Crippen MR) is 71.7 cm³/mol. The number of hydrogen-bond donors (Lipinski definition) is 2. The first-order valence-electron chi connectivity index (χ1n) is 6.21. The van der Waals surface area contributed by atoms with E-state index in [2.05, 4.69) is 15.3 Å². The molecule has 1 aliphatic heterocycles. The van der Waals surface area contributed by atoms with Gasteiger partial charge in [-0.2, -0.15) is 0 Å². The highest BCUT2D eigenvalue weighted by atomic mass is 16.1. The van der Waals surface area contributed by atoms with Crippen molar-refractivity contribution < 1.29 is 4.79 Å². The van der Waals surface area contributed by atoms with Gasteiger partial charge in [-0.15, -0.1) is 0 Å². The first-order valence-corrected chi connectivity index (χ1v) is 6.21. The molecule has 7 nitrogen and oxygen atoms in total. The second kappa shape index (κ2) is 4.51. The molecule has 2 aromatic heterocycles. The number of nitrogens with one attached hydrogen (secondary N) is 1. The van der Waals surface area contributed by atoms with E-state index in [1.54, 1.807) is 12.5 Å². The average molecular weight is 260 g/mol. The van der Waals surface area contributed by atoms with E-state index in [4.69, 9.17) is 5.73 Å². The van der Waals surface area contributed by atoms with Gasteiger partial charge in [-0.3, -0.25) is 4.79 Å². The second-order valence-corrected chi connectivity index (χ2v) is 4.67. The van der Waals surface area contributed by atoms with Gasteiger partial charge >= 0.3 is 0 Å². The number of carbonyl (C=O) groups excluding carboxylic acids is 1. The van der Waals surface area contributed by atoms with E-state index in [0.717, 1.165) is 23.4 Å². The molecule has 0 radical (unpaired) electrons. The molecule has 7 heteroatoms. The van der Waals surface area contributed by atoms with Gasteiger partial charge in [-0.05, 0) is 6.07 Å². The fourth-order valence-corrected chi connectivity index (χ4v) is 2.47. The van der Waals surface area contributed by atoms with Gasteiger partial charge in [-0.1, -0.05) is 0 Å². The van der Waals surface area contributed by atoms with Gasteiger partial charge in [0.15, 0.2) is 5.82 Å². The number of imidazole rings is 1. The SMILES string of the molecule is Cn1cnc2c(N3CCNCC3C(N)=O)nccc21. The molecule has 0 spiro atoms. The van der Waals surface area contributed by atoms with Crippen molar-refractivity contribution in [2.45, 2.75) is 6.04 Å². The maximum Gasteiger partial charge on any atom is 0.241 e. The van der Waals surface area contributed by atoms with Crippen LogP contribution < -0.4 is 16.0 Å². The minimum absolute atomic E-state index is 0.345. The largest absolute Gasteiger partial charge is 0.368 e. The average Bonchev–Trinajstić information content (AvgIpc) is 2.81. The molecule has 19 heavy (non-hydrogen) atoms. The van der Waals surface area contributed by atoms with Crippen molar-refractivity contribution in [1.29, 1.82) is 0 Å². The first kappa shape index (κ1) is 11.9. The number of nitrogens with two attached hydrogens (primary N) is 1. The quantitative estimate of drug-likeness (QED) is 0.740. The molecule has 0 aromatic carbocycles. The zero-order valence-electron chi connectivity index (χ0n) is 10.7. The van der Waals surface area contributed by atoms with E-state index in [1.807, 2.05) is 22.6 Å². The number of rotatable bonds is 2. The molecular weight excluding hydrogens is 244 g/mol. The number of piperazine rings is 1. The Morgan fingerprint density at radius 1 is 1.53 bits per heavy atom. The molecule has 1 aliphatic rings. The van der Waals surface area contributed by atoms with Crippen molar-refractivity contribution in [2.24, 2.45) is 12.8 Å². The van der Waals surface area contributed by atoms with Crippen molar-refractivity contribution in [3.8, 4) is 0 Å². The lowest BCUT2D eigenvalue weighted by molar-refractivity contribution is -0.119. The Morgan fingerprint density at radius 3 is 3.16 bits per heavy atom. The molecule has 3 heterocycles. The van der Waals surface area contributed by atoms with Crippen molar-refractivity contribution in [1.82, 2.24) is 19.9 Å². The first-order chi connectivity index (χ1) is 9.18. The van der Waals surface area contributed by atoms with Crippen molar-refractivity contribution in [2.75, 3.05) is 24.5 Å². The second-order valence-electron chi connectivity index (χ2n) is 4.67. The van der Waals surface area contributed by atoms with Crippen molar-refractivity contribution in [3.05, 3.63) is 18.6 Å². The van der Waals surface area contributed by atoms with Crippen LogP contribution in [0.2, 0.25) is 0 Å². The van der Waals surface area contributed by atoms with Gasteiger partial charge in [0.2, 0.25) is 5.91 Å². The number of amides is 1. The zero-order chi connectivity index (χ0) is 13.4. The van der Waals surface area contributed by atoms with Gasteiger partial charge in [0, 0.05) is 32.9 Å². The molecular formula is C12H16N6O. The van der Waals surface area contributed by atoms with Crippen LogP contribution in [-0.4, -0.2) is 46.1 Å². The standard InChI is InChI=1S/C12H16N6O/c1-17-7-16-10-8(17)2-3-15-12(10)18-5-4-14-6-9(18)11(13)19/h2-3,7,9,14H,4-6H2,1H3,(H2,13,19). The minimum Gasteiger partial charge on any atom is -0.368 e. The number of nitrogens with zero attached hydrogens (tertiary/aromatic N) is 4. The number of pyridine rings is 1. The summed E-state index contributed by atoms with van der Waals surface area (Å²) in [6.45, 7) is 2.03. The van der Waals surface area contributed by atoms with Gasteiger partial charge in [0.25, 0.3) is 0 Å². The van der Waals surface area contributed by atoms with Crippen LogP contribution in [0.15, 0.2) is 18.6 Å². The Balaban J connectivity index is 2.09. The molecule has 0 saturated carbocycles. The summed E-state index contributed by atoms with van der Waals surface area (Å²) in [6, 6.07) is 1.53. The number of hydrogen-bond acceptors (Lipinski definition) is 5. The lowest BCUT2D eigenvalue weighted by Crippen LogP contribution is -2.57. The third-order valence-corrected chi connectivity index (χ3v) is 3.47. The van der Waals surface area contributed by atoms with Crippen LogP contribution in [0.3, 0.4) is 0 Å². The van der Waals surface area contributed by atoms with E-state index >= 15 is 0 Å². The number of anilines is 1. The van der Waals surface area contributed by atoms with E-state index in [0.29, 0.717) is 13.1 Å². The Morgan fingerprint density at radius 2 is 2.37 bits per heavy atom. The number of aryl methyl sites for hydroxylation is 1. The highest BCUT2D eigenvalue weighted by molar-refractivity contribution is 5.90. The Kier molecular flexibility index (Phi) is 2.83. The molecule has 1 amide bonds. The molecule has 1 atom stereocenters. The Bertz CT molecular complexity index is 622. The lowest BCUT2D eigenvalue weighted by atomic mass is 10.1. The highest BCUT2D eigenvalue weighted by Gasteiger charge is 2.29. The molecule has 3 N–H and O–H groups in total. The summed E-state index contributed by atoms with van der Waals surface area (Å²) in [6.07, 6.45) is 3.48. The van der Waals surface area contributed by atoms with Crippen molar-refractivity contribution >= 4 is 22.8 Å². The molecule has 2 aromatic rings. The van der Waals surface area contributed by atoms with Gasteiger partial charge < -0.3 is 20.5 Å². The van der Waals surface area contributed by atoms with Gasteiger partial charge in [0.1, 0.15) is 11.6 Å². The topological polar surface area (TPSA) is 89.1 Å². The number of primary amides is 1. The van der Waals surface area contributed by atoms with Crippen LogP contribution in [0, 0.1) is 0 Å². The van der Waals surface area contributed by atoms with Gasteiger partial charge in [-0.25, -0.2) is 9.97 Å². The fraction of sp³-hybridized carbons (Fsp3) is 0.417. The van der Waals surface area contributed by atoms with E-state index in [1.165, 1.54) is 0 Å². The number of aromatic nitrogens is 3. The molecule has 1 unspecified atom stereocenters. The maximum absolute atomic E-state index is 11.6. The van der Waals surface area contributed by atoms with Crippen LogP contribution in [0.4, 0.5) is 5.82 Å². The van der Waals surface area contributed by atoms with Crippen LogP contribution in [-0.2, 0) is 11.8 Å². The van der Waals surface area contributed by atoms with Crippen LogP contribution >= 0.6 is 0 Å². The molecule has 1 fully saturated rings. The summed E-state index contributed by atoms with van der Waals surface area (Å²) in [4.78, 5) is 22.3. The molecule has 0 bridgehead atoms. The van der Waals surface area contributed by atoms with Gasteiger partial charge in [0.05, 0.1) is 11.8 Å². The zero-order valence-corrected chi connectivity index (χ0v) is 10.7. The molecule has 0 aliphatic carbocycles. The minimum atomic E-state index is -0.381. The molecule has 3 rings (SSSR count). The molecule has 1 saturated heterocycles. The summed E-state index contributed by atoms with van der Waals surface area (Å²) in [7, 11) is 1.93. The summed E-state index contributed by atoms with van der Waals surface area (Å²) >= 11 is 0. The number of fused-ring (bicyclic) bond motifs is 1. The summed E-state index contributed by atoms with van der Waals surface area (Å²) in [5, 5.41) is 3.17. The summed E-state index contributed by atoms with van der Waals surface area (Å²) in [5.41, 5.74) is 7.27. The lowest BCUT2D eigenvalue weighted by Gasteiger charge is -2.35. The van der Waals surface area contributed by atoms with E-state index in [9.17, 15) is 4.79 Å². The smallest absolute Gasteiger partial charge is 0.241 e.